The first-order valence-corrected chi connectivity index (χ1v) is 8.13. The number of aryl methyl sites for hydroxylation is 1. The molecule has 0 saturated carbocycles. The van der Waals surface area contributed by atoms with E-state index in [1.165, 1.54) is 0 Å². The maximum atomic E-state index is 12.2. The summed E-state index contributed by atoms with van der Waals surface area (Å²) >= 11 is 0. The molecular formula is C17H23N5O. The number of aromatic nitrogens is 3. The lowest BCUT2D eigenvalue weighted by Crippen LogP contribution is -2.32. The zero-order chi connectivity index (χ0) is 16.1. The van der Waals surface area contributed by atoms with Crippen molar-refractivity contribution in [3.05, 3.63) is 42.4 Å². The predicted octanol–water partition coefficient (Wildman–Crippen LogP) is 2.12. The van der Waals surface area contributed by atoms with Gasteiger partial charge in [-0.15, -0.1) is 0 Å². The first-order chi connectivity index (χ1) is 11.2. The highest BCUT2D eigenvalue weighted by Crippen LogP contribution is 2.24. The maximum Gasteiger partial charge on any atom is 0.225 e. The van der Waals surface area contributed by atoms with Crippen molar-refractivity contribution in [3.8, 4) is 0 Å². The first-order valence-electron chi connectivity index (χ1n) is 8.13. The molecule has 0 atom stereocenters. The molecule has 1 aliphatic heterocycles. The molecule has 0 bridgehead atoms. The maximum absolute atomic E-state index is 12.2. The molecular weight excluding hydrogens is 290 g/mol. The molecule has 1 fully saturated rings. The largest absolute Gasteiger partial charge is 0.311 e. The molecule has 1 saturated heterocycles. The van der Waals surface area contributed by atoms with Crippen molar-refractivity contribution >= 4 is 11.7 Å². The number of pyridine rings is 1. The molecule has 6 nitrogen and oxygen atoms in total. The van der Waals surface area contributed by atoms with Gasteiger partial charge in [0, 0.05) is 24.9 Å². The van der Waals surface area contributed by atoms with Crippen LogP contribution in [0.4, 0.5) is 5.82 Å². The molecule has 3 heterocycles. The van der Waals surface area contributed by atoms with Crippen LogP contribution in [0.1, 0.15) is 30.9 Å². The number of amides is 1. The molecule has 1 aliphatic rings. The van der Waals surface area contributed by atoms with Gasteiger partial charge < -0.3 is 10.2 Å². The van der Waals surface area contributed by atoms with Crippen LogP contribution in [0, 0.1) is 0 Å². The molecule has 1 N–H and O–H groups in total. The minimum atomic E-state index is 0.0245. The third kappa shape index (κ3) is 4.16. The molecule has 23 heavy (non-hydrogen) atoms. The van der Waals surface area contributed by atoms with Crippen molar-refractivity contribution in [3.63, 3.8) is 0 Å². The third-order valence-corrected chi connectivity index (χ3v) is 4.36. The number of carbonyl (C=O) groups is 1. The summed E-state index contributed by atoms with van der Waals surface area (Å²) < 4.78 is 1.97. The number of hydrogen-bond donors (Lipinski definition) is 1. The Labute approximate surface area is 136 Å². The molecule has 1 amide bonds. The first kappa shape index (κ1) is 15.7. The lowest BCUT2D eigenvalue weighted by Gasteiger charge is -2.30. The molecule has 0 unspecified atom stereocenters. The second kappa shape index (κ2) is 7.37. The van der Waals surface area contributed by atoms with E-state index in [1.54, 1.807) is 18.6 Å². The van der Waals surface area contributed by atoms with Crippen molar-refractivity contribution in [1.82, 2.24) is 19.7 Å². The van der Waals surface area contributed by atoms with Crippen LogP contribution in [-0.4, -0.2) is 45.7 Å². The van der Waals surface area contributed by atoms with E-state index in [0.29, 0.717) is 12.5 Å². The van der Waals surface area contributed by atoms with Gasteiger partial charge in [0.25, 0.3) is 0 Å². The van der Waals surface area contributed by atoms with Gasteiger partial charge in [-0.25, -0.2) is 4.68 Å². The van der Waals surface area contributed by atoms with Crippen LogP contribution in [0.15, 0.2) is 36.8 Å². The number of likely N-dealkylation sites (tertiary alicyclic amines) is 1. The number of nitrogens with one attached hydrogen (secondary N) is 1. The summed E-state index contributed by atoms with van der Waals surface area (Å²) in [6.45, 7) is 2.14. The molecule has 3 rings (SSSR count). The van der Waals surface area contributed by atoms with E-state index < -0.39 is 0 Å². The van der Waals surface area contributed by atoms with Gasteiger partial charge in [-0.05, 0) is 57.1 Å². The highest BCUT2D eigenvalue weighted by molar-refractivity contribution is 5.89. The van der Waals surface area contributed by atoms with Gasteiger partial charge in [0.2, 0.25) is 5.91 Å². The van der Waals surface area contributed by atoms with Gasteiger partial charge in [0.15, 0.2) is 0 Å². The number of rotatable bonds is 5. The Bertz CT molecular complexity index is 631. The Morgan fingerprint density at radius 1 is 1.22 bits per heavy atom. The van der Waals surface area contributed by atoms with Crippen LogP contribution in [0.25, 0.3) is 0 Å². The zero-order valence-corrected chi connectivity index (χ0v) is 13.5. The normalized spacial score (nSPS) is 16.4. The Morgan fingerprint density at radius 2 is 1.96 bits per heavy atom. The number of hydrogen-bond acceptors (Lipinski definition) is 4. The van der Waals surface area contributed by atoms with Crippen LogP contribution in [0.2, 0.25) is 0 Å². The van der Waals surface area contributed by atoms with Crippen LogP contribution >= 0.6 is 0 Å². The molecule has 0 radical (unpaired) electrons. The highest BCUT2D eigenvalue weighted by Gasteiger charge is 2.21. The van der Waals surface area contributed by atoms with E-state index >= 15 is 0 Å². The minimum absolute atomic E-state index is 0.0245. The predicted molar refractivity (Wildman–Crippen MR) is 89.2 cm³/mol. The Hall–Kier alpha value is -2.21. The fraction of sp³-hybridized carbons (Fsp3) is 0.471. The summed E-state index contributed by atoms with van der Waals surface area (Å²) in [5.41, 5.74) is 1.12. The van der Waals surface area contributed by atoms with Gasteiger partial charge in [-0.2, -0.15) is 5.10 Å². The number of piperidine rings is 1. The standard InChI is InChI=1S/C17H23N5O/c1-21-12-7-15(8-13-21)22-16(6-11-19-22)20-17(23)3-2-14-4-9-18-10-5-14/h4-6,9-11,15H,2-3,7-8,12-13H2,1H3,(H,20,23). The van der Waals surface area contributed by atoms with E-state index in [1.807, 2.05) is 22.9 Å². The van der Waals surface area contributed by atoms with Crippen molar-refractivity contribution in [2.24, 2.45) is 0 Å². The molecule has 2 aromatic heterocycles. The molecule has 6 heteroatoms. The third-order valence-electron chi connectivity index (χ3n) is 4.36. The lowest BCUT2D eigenvalue weighted by atomic mass is 10.1. The van der Waals surface area contributed by atoms with Gasteiger partial charge in [0.1, 0.15) is 5.82 Å². The molecule has 2 aromatic rings. The summed E-state index contributed by atoms with van der Waals surface area (Å²) in [5.74, 6) is 0.829. The van der Waals surface area contributed by atoms with Crippen molar-refractivity contribution in [2.75, 3.05) is 25.5 Å². The average molecular weight is 313 g/mol. The number of anilines is 1. The summed E-state index contributed by atoms with van der Waals surface area (Å²) in [5, 5.41) is 7.41. The van der Waals surface area contributed by atoms with E-state index in [0.717, 1.165) is 43.7 Å². The molecule has 122 valence electrons. The monoisotopic (exact) mass is 313 g/mol. The molecule has 0 aliphatic carbocycles. The fourth-order valence-corrected chi connectivity index (χ4v) is 2.96. The Morgan fingerprint density at radius 3 is 2.70 bits per heavy atom. The van der Waals surface area contributed by atoms with Gasteiger partial charge >= 0.3 is 0 Å². The summed E-state index contributed by atoms with van der Waals surface area (Å²) in [4.78, 5) is 18.5. The SMILES string of the molecule is CN1CCC(n2nccc2NC(=O)CCc2ccncc2)CC1. The van der Waals surface area contributed by atoms with Gasteiger partial charge in [-0.1, -0.05) is 0 Å². The summed E-state index contributed by atoms with van der Waals surface area (Å²) in [6, 6.07) is 6.13. The quantitative estimate of drug-likeness (QED) is 0.918. The highest BCUT2D eigenvalue weighted by atomic mass is 16.1. The van der Waals surface area contributed by atoms with Gasteiger partial charge in [0.05, 0.1) is 12.2 Å². The summed E-state index contributed by atoms with van der Waals surface area (Å²) in [7, 11) is 2.14. The van der Waals surface area contributed by atoms with Crippen LogP contribution in [0.5, 0.6) is 0 Å². The van der Waals surface area contributed by atoms with E-state index in [9.17, 15) is 4.79 Å². The van der Waals surface area contributed by atoms with Crippen molar-refractivity contribution in [1.29, 1.82) is 0 Å². The molecule has 0 spiro atoms. The second-order valence-corrected chi connectivity index (χ2v) is 6.10. The summed E-state index contributed by atoms with van der Waals surface area (Å²) in [6.07, 6.45) is 8.58. The van der Waals surface area contributed by atoms with Crippen molar-refractivity contribution < 1.29 is 4.79 Å². The minimum Gasteiger partial charge on any atom is -0.311 e. The topological polar surface area (TPSA) is 63.1 Å². The second-order valence-electron chi connectivity index (χ2n) is 6.10. The van der Waals surface area contributed by atoms with Crippen LogP contribution in [-0.2, 0) is 11.2 Å². The average Bonchev–Trinajstić information content (AvgIpc) is 3.03. The lowest BCUT2D eigenvalue weighted by molar-refractivity contribution is -0.116. The Kier molecular flexibility index (Phi) is 5.02. The van der Waals surface area contributed by atoms with E-state index in [2.05, 4.69) is 27.3 Å². The van der Waals surface area contributed by atoms with Gasteiger partial charge in [-0.3, -0.25) is 9.78 Å². The Balaban J connectivity index is 1.56. The zero-order valence-electron chi connectivity index (χ0n) is 13.5. The van der Waals surface area contributed by atoms with E-state index in [4.69, 9.17) is 0 Å². The molecule has 0 aromatic carbocycles. The van der Waals surface area contributed by atoms with Crippen LogP contribution in [0.3, 0.4) is 0 Å². The van der Waals surface area contributed by atoms with Crippen LogP contribution < -0.4 is 5.32 Å². The number of carbonyl (C=O) groups excluding carboxylic acids is 1. The fourth-order valence-electron chi connectivity index (χ4n) is 2.96. The van der Waals surface area contributed by atoms with Crippen molar-refractivity contribution in [2.45, 2.75) is 31.7 Å². The van der Waals surface area contributed by atoms with E-state index in [-0.39, 0.29) is 5.91 Å². The number of nitrogens with zero attached hydrogens (tertiary/aromatic N) is 4. The smallest absolute Gasteiger partial charge is 0.225 e.